The number of amidine groups is 1. The van der Waals surface area contributed by atoms with Gasteiger partial charge in [-0.2, -0.15) is 0 Å². The molecule has 1 aliphatic carbocycles. The van der Waals surface area contributed by atoms with Crippen molar-refractivity contribution in [3.8, 4) is 0 Å². The number of aromatic nitrogens is 2. The van der Waals surface area contributed by atoms with E-state index in [2.05, 4.69) is 62.7 Å². The van der Waals surface area contributed by atoms with Crippen LogP contribution in [0.15, 0.2) is 10.1 Å². The summed E-state index contributed by atoms with van der Waals surface area (Å²) in [6, 6.07) is 0.823. The summed E-state index contributed by atoms with van der Waals surface area (Å²) in [5.41, 5.74) is 6.58. The molecule has 2 heterocycles. The second-order valence-electron chi connectivity index (χ2n) is 8.94. The lowest BCUT2D eigenvalue weighted by atomic mass is 9.80. The largest absolute Gasteiger partial charge is 0.409 e. The maximum atomic E-state index is 9.11. The molecule has 9 heteroatoms. The summed E-state index contributed by atoms with van der Waals surface area (Å²) in [4.78, 5) is 17.8. The minimum Gasteiger partial charge on any atom is -0.409 e. The molecule has 1 aromatic rings. The van der Waals surface area contributed by atoms with Gasteiger partial charge in [0.25, 0.3) is 0 Å². The van der Waals surface area contributed by atoms with Crippen LogP contribution in [0.1, 0.15) is 58.7 Å². The van der Waals surface area contributed by atoms with Crippen LogP contribution in [0.4, 0.5) is 17.3 Å². The number of rotatable bonds is 9. The first-order valence-electron chi connectivity index (χ1n) is 10.9. The van der Waals surface area contributed by atoms with Gasteiger partial charge in [-0.25, -0.2) is 15.0 Å². The van der Waals surface area contributed by atoms with E-state index < -0.39 is 0 Å². The lowest BCUT2D eigenvalue weighted by Gasteiger charge is -2.35. The summed E-state index contributed by atoms with van der Waals surface area (Å²) in [7, 11) is 2.03. The second kappa shape index (κ2) is 9.59. The Morgan fingerprint density at radius 3 is 2.60 bits per heavy atom. The molecule has 30 heavy (non-hydrogen) atoms. The summed E-state index contributed by atoms with van der Waals surface area (Å²) in [6.07, 6.45) is 6.14. The summed E-state index contributed by atoms with van der Waals surface area (Å²) < 4.78 is 0. The van der Waals surface area contributed by atoms with Crippen LogP contribution < -0.4 is 16.0 Å². The van der Waals surface area contributed by atoms with Gasteiger partial charge in [0.2, 0.25) is 11.7 Å². The highest BCUT2D eigenvalue weighted by Gasteiger charge is 2.30. The Morgan fingerprint density at radius 2 is 2.03 bits per heavy atom. The van der Waals surface area contributed by atoms with Crippen molar-refractivity contribution in [2.75, 3.05) is 30.5 Å². The van der Waals surface area contributed by atoms with E-state index in [0.29, 0.717) is 29.5 Å². The molecule has 0 bridgehead atoms. The van der Waals surface area contributed by atoms with E-state index in [1.807, 2.05) is 7.05 Å². The topological polar surface area (TPSA) is 115 Å². The molecule has 4 N–H and O–H groups in total. The zero-order valence-electron chi connectivity index (χ0n) is 18.7. The molecule has 9 nitrogen and oxygen atoms in total. The van der Waals surface area contributed by atoms with Crippen LogP contribution in [0.25, 0.3) is 0 Å². The van der Waals surface area contributed by atoms with Crippen LogP contribution in [0.5, 0.6) is 0 Å². The Balaban J connectivity index is 1.94. The molecule has 2 aliphatic rings. The van der Waals surface area contributed by atoms with E-state index in [9.17, 15) is 0 Å². The number of hydrogen-bond acceptors (Lipinski definition) is 8. The molecule has 0 amide bonds. The zero-order chi connectivity index (χ0) is 21.8. The smallest absolute Gasteiger partial charge is 0.208 e. The standard InChI is InChI=1S/C21H36N8O/c1-13(2)16-10-7-11-29(16)12-28(5)17-19(23-4)25-21(18(22)27-30)26-20(17)24-14(3)15-8-6-9-15/h13-16,30H,4,6-12H2,1-3,5H3,(H2,22,27)(H,24,25,26)/t14-,16?/m1/s1. The molecule has 166 valence electrons. The molecule has 3 rings (SSSR count). The third-order valence-electron chi connectivity index (χ3n) is 6.53. The first kappa shape index (κ1) is 22.3. The van der Waals surface area contributed by atoms with Crippen LogP contribution >= 0.6 is 0 Å². The van der Waals surface area contributed by atoms with Gasteiger partial charge in [0.15, 0.2) is 11.6 Å². The van der Waals surface area contributed by atoms with Crippen LogP contribution in [0.3, 0.4) is 0 Å². The molecule has 0 radical (unpaired) electrons. The highest BCUT2D eigenvalue weighted by atomic mass is 16.4. The van der Waals surface area contributed by atoms with E-state index in [4.69, 9.17) is 10.9 Å². The Kier molecular flexibility index (Phi) is 7.12. The maximum absolute atomic E-state index is 9.11. The molecular weight excluding hydrogens is 380 g/mol. The quantitative estimate of drug-likeness (QED) is 0.245. The molecule has 2 fully saturated rings. The second-order valence-corrected chi connectivity index (χ2v) is 8.94. The molecule has 1 saturated heterocycles. The molecule has 2 atom stereocenters. The van der Waals surface area contributed by atoms with Crippen molar-refractivity contribution in [2.24, 2.45) is 27.7 Å². The number of oxime groups is 1. The summed E-state index contributed by atoms with van der Waals surface area (Å²) >= 11 is 0. The molecule has 1 unspecified atom stereocenters. The van der Waals surface area contributed by atoms with Crippen LogP contribution in [0, 0.1) is 11.8 Å². The van der Waals surface area contributed by atoms with Gasteiger partial charge in [-0.3, -0.25) is 4.90 Å². The van der Waals surface area contributed by atoms with Crippen molar-refractivity contribution in [1.29, 1.82) is 0 Å². The molecule has 1 aromatic heterocycles. The minimum absolute atomic E-state index is 0.140. The van der Waals surface area contributed by atoms with Crippen LogP contribution in [-0.2, 0) is 0 Å². The van der Waals surface area contributed by atoms with Gasteiger partial charge in [0.1, 0.15) is 5.69 Å². The lowest BCUT2D eigenvalue weighted by Crippen LogP contribution is -2.41. The van der Waals surface area contributed by atoms with Crippen molar-refractivity contribution in [3.05, 3.63) is 5.82 Å². The Bertz CT molecular complexity index is 777. The third-order valence-corrected chi connectivity index (χ3v) is 6.53. The van der Waals surface area contributed by atoms with Crippen molar-refractivity contribution in [3.63, 3.8) is 0 Å². The van der Waals surface area contributed by atoms with Gasteiger partial charge >= 0.3 is 0 Å². The van der Waals surface area contributed by atoms with E-state index in [0.717, 1.165) is 18.9 Å². The average molecular weight is 417 g/mol. The van der Waals surface area contributed by atoms with Gasteiger partial charge in [-0.05, 0) is 51.2 Å². The predicted molar refractivity (Wildman–Crippen MR) is 122 cm³/mol. The number of nitrogens with one attached hydrogen (secondary N) is 1. The van der Waals surface area contributed by atoms with E-state index in [1.54, 1.807) is 0 Å². The lowest BCUT2D eigenvalue weighted by molar-refractivity contribution is 0.209. The van der Waals surface area contributed by atoms with E-state index >= 15 is 0 Å². The van der Waals surface area contributed by atoms with E-state index in [-0.39, 0.29) is 17.7 Å². The zero-order valence-corrected chi connectivity index (χ0v) is 18.7. The first-order valence-corrected chi connectivity index (χ1v) is 10.9. The monoisotopic (exact) mass is 416 g/mol. The van der Waals surface area contributed by atoms with Crippen molar-refractivity contribution in [1.82, 2.24) is 14.9 Å². The summed E-state index contributed by atoms with van der Waals surface area (Å²) in [5.74, 6) is 2.30. The Labute approximate surface area is 179 Å². The van der Waals surface area contributed by atoms with Gasteiger partial charge in [0.05, 0.1) is 6.67 Å². The predicted octanol–water partition coefficient (Wildman–Crippen LogP) is 3.02. The number of aliphatic imine (C=N–C) groups is 1. The summed E-state index contributed by atoms with van der Waals surface area (Å²) in [5, 5.41) is 15.7. The Morgan fingerprint density at radius 1 is 1.30 bits per heavy atom. The molecule has 1 aliphatic heterocycles. The number of hydrogen-bond donors (Lipinski definition) is 3. The minimum atomic E-state index is -0.145. The van der Waals surface area contributed by atoms with Gasteiger partial charge in [-0.1, -0.05) is 25.4 Å². The fourth-order valence-electron chi connectivity index (χ4n) is 4.56. The van der Waals surface area contributed by atoms with Crippen LogP contribution in [0.2, 0.25) is 0 Å². The summed E-state index contributed by atoms with van der Waals surface area (Å²) in [6.45, 7) is 12.3. The van der Waals surface area contributed by atoms with Crippen molar-refractivity contribution >= 4 is 29.9 Å². The molecule has 0 spiro atoms. The van der Waals surface area contributed by atoms with Gasteiger partial charge in [-0.15, -0.1) is 0 Å². The SMILES string of the molecule is C=Nc1nc(/C(N)=N/O)nc(N[C@H](C)C2CCC2)c1N(C)CN1CCCC1C(C)C. The third kappa shape index (κ3) is 4.66. The van der Waals surface area contributed by atoms with Crippen molar-refractivity contribution in [2.45, 2.75) is 65.0 Å². The molecular formula is C21H36N8O. The average Bonchev–Trinajstić information content (AvgIpc) is 3.13. The number of nitrogens with zero attached hydrogens (tertiary/aromatic N) is 6. The first-order chi connectivity index (χ1) is 14.3. The maximum Gasteiger partial charge on any atom is 0.208 e. The fraction of sp³-hybridized carbons (Fsp3) is 0.714. The molecule has 0 aromatic carbocycles. The van der Waals surface area contributed by atoms with Gasteiger partial charge < -0.3 is 21.2 Å². The number of nitrogens with two attached hydrogens (primary N) is 1. The normalized spacial score (nSPS) is 21.5. The van der Waals surface area contributed by atoms with E-state index in [1.165, 1.54) is 32.1 Å². The number of likely N-dealkylation sites (tertiary alicyclic amines) is 1. The number of anilines is 2. The Hall–Kier alpha value is -2.42. The highest BCUT2D eigenvalue weighted by molar-refractivity contribution is 5.95. The molecule has 1 saturated carbocycles. The van der Waals surface area contributed by atoms with Crippen molar-refractivity contribution < 1.29 is 5.21 Å². The van der Waals surface area contributed by atoms with Gasteiger partial charge in [0, 0.05) is 25.7 Å². The highest BCUT2D eigenvalue weighted by Crippen LogP contribution is 2.37. The fourth-order valence-corrected chi connectivity index (χ4v) is 4.56. The van der Waals surface area contributed by atoms with Crippen LogP contribution in [-0.4, -0.2) is 65.0 Å².